The van der Waals surface area contributed by atoms with Crippen LogP contribution in [0.25, 0.3) is 0 Å². The van der Waals surface area contributed by atoms with Crippen molar-refractivity contribution >= 4 is 28.0 Å². The molecule has 3 aromatic carbocycles. The maximum atomic E-state index is 14.3. The fraction of sp³-hybridized carbons (Fsp3) is 0.208. The molecule has 0 saturated heterocycles. The summed E-state index contributed by atoms with van der Waals surface area (Å²) in [6.07, 6.45) is 0. The predicted octanol–water partition coefficient (Wildman–Crippen LogP) is 4.72. The van der Waals surface area contributed by atoms with E-state index in [9.17, 15) is 4.79 Å². The van der Waals surface area contributed by atoms with Gasteiger partial charge in [-0.3, -0.25) is 0 Å². The van der Waals surface area contributed by atoms with Crippen LogP contribution in [0.3, 0.4) is 0 Å². The molecule has 0 radical (unpaired) electrons. The third-order valence-electron chi connectivity index (χ3n) is 5.35. The van der Waals surface area contributed by atoms with Crippen molar-refractivity contribution in [2.45, 2.75) is 20.8 Å². The average Bonchev–Trinajstić information content (AvgIpc) is 2.68. The Kier molecular flexibility index (Phi) is 4.63. The number of carbonyl (C=O) groups excluding carboxylic acids is 1. The Morgan fingerprint density at radius 3 is 1.12 bits per heavy atom. The van der Waals surface area contributed by atoms with Crippen molar-refractivity contribution < 1.29 is 4.79 Å². The van der Waals surface area contributed by atoms with Crippen LogP contribution < -0.4 is 15.9 Å². The minimum absolute atomic E-state index is 0.312. The number of hydrogen-bond donors (Lipinski definition) is 0. The Balaban J connectivity index is 2.55. The molecule has 0 atom stereocenters. The molecule has 3 rings (SSSR count). The molecule has 26 heavy (non-hydrogen) atoms. The van der Waals surface area contributed by atoms with Gasteiger partial charge in [-0.25, -0.2) is 0 Å². The Morgan fingerprint density at radius 2 is 0.885 bits per heavy atom. The zero-order chi connectivity index (χ0) is 18.9. The molecule has 0 N–H and O–H groups in total. The molecule has 0 aliphatic carbocycles. The second-order valence-corrected chi connectivity index (χ2v) is 13.2. The first-order chi connectivity index (χ1) is 12.3. The monoisotopic (exact) mass is 362 g/mol. The molecular weight excluding hydrogens is 335 g/mol. The van der Waals surface area contributed by atoms with E-state index in [1.54, 1.807) is 0 Å². The van der Waals surface area contributed by atoms with Crippen molar-refractivity contribution in [3.05, 3.63) is 91.0 Å². The fourth-order valence-electron chi connectivity index (χ4n) is 4.04. The number of carbonyl (C=O) groups is 1. The summed E-state index contributed by atoms with van der Waals surface area (Å²) in [5.41, 5.74) is -0.152. The summed E-state index contributed by atoms with van der Waals surface area (Å²) in [6.45, 7) is 5.01. The molecule has 0 aliphatic rings. The standard InChI is InChI=1S/C24H27OP/c1-24(2,3)23(25)26(4,20-14-8-5-9-15-20,21-16-10-6-11-17-21)22-18-12-7-13-19-22/h5-19H,1-4H3. The third-order valence-corrected chi connectivity index (χ3v) is 11.8. The van der Waals surface area contributed by atoms with Gasteiger partial charge in [0.25, 0.3) is 0 Å². The van der Waals surface area contributed by atoms with Gasteiger partial charge < -0.3 is 0 Å². The number of hydrogen-bond acceptors (Lipinski definition) is 1. The van der Waals surface area contributed by atoms with Crippen molar-refractivity contribution in [3.63, 3.8) is 0 Å². The Labute approximate surface area is 157 Å². The van der Waals surface area contributed by atoms with E-state index in [2.05, 4.69) is 43.1 Å². The first kappa shape index (κ1) is 18.5. The summed E-state index contributed by atoms with van der Waals surface area (Å²) in [7, 11) is 0. The molecule has 2 heteroatoms. The van der Waals surface area contributed by atoms with E-state index in [1.165, 1.54) is 0 Å². The Bertz CT molecular complexity index is 794. The first-order valence-electron chi connectivity index (χ1n) is 9.03. The number of rotatable bonds is 4. The molecule has 134 valence electrons. The summed E-state index contributed by atoms with van der Waals surface area (Å²) in [6, 6.07) is 31.1. The van der Waals surface area contributed by atoms with Crippen molar-refractivity contribution in [1.82, 2.24) is 0 Å². The van der Waals surface area contributed by atoms with Gasteiger partial charge in [-0.2, -0.15) is 0 Å². The van der Waals surface area contributed by atoms with E-state index in [1.807, 2.05) is 75.4 Å². The quantitative estimate of drug-likeness (QED) is 0.614. The van der Waals surface area contributed by atoms with E-state index in [4.69, 9.17) is 0 Å². The molecule has 0 heterocycles. The van der Waals surface area contributed by atoms with Crippen molar-refractivity contribution in [1.29, 1.82) is 0 Å². The molecule has 0 spiro atoms. The summed E-state index contributed by atoms with van der Waals surface area (Å²) < 4.78 is 0. The average molecular weight is 362 g/mol. The summed E-state index contributed by atoms with van der Waals surface area (Å²) in [5, 5.41) is 3.36. The van der Waals surface area contributed by atoms with Gasteiger partial charge in [0, 0.05) is 0 Å². The molecular formula is C24H27OP. The van der Waals surface area contributed by atoms with Crippen LogP contribution in [0.1, 0.15) is 20.8 Å². The van der Waals surface area contributed by atoms with Gasteiger partial charge in [-0.15, -0.1) is 0 Å². The number of benzene rings is 3. The van der Waals surface area contributed by atoms with Crippen LogP contribution in [0.2, 0.25) is 0 Å². The predicted molar refractivity (Wildman–Crippen MR) is 116 cm³/mol. The van der Waals surface area contributed by atoms with Crippen molar-refractivity contribution in [2.75, 3.05) is 6.66 Å². The van der Waals surface area contributed by atoms with Crippen LogP contribution in [0.4, 0.5) is 0 Å². The summed E-state index contributed by atoms with van der Waals surface area (Å²) >= 11 is 0. The first-order valence-corrected chi connectivity index (χ1v) is 11.7. The fourth-order valence-corrected chi connectivity index (χ4v) is 10.1. The van der Waals surface area contributed by atoms with Crippen LogP contribution in [-0.4, -0.2) is 12.2 Å². The van der Waals surface area contributed by atoms with E-state index in [0.717, 1.165) is 15.9 Å². The van der Waals surface area contributed by atoms with E-state index in [0.29, 0.717) is 5.52 Å². The molecule has 1 nitrogen and oxygen atoms in total. The minimum atomic E-state index is -3.32. The van der Waals surface area contributed by atoms with Crippen molar-refractivity contribution in [2.24, 2.45) is 5.41 Å². The van der Waals surface area contributed by atoms with Gasteiger partial charge in [-0.05, 0) is 0 Å². The summed E-state index contributed by atoms with van der Waals surface area (Å²) in [5.74, 6) is 0. The third kappa shape index (κ3) is 2.63. The van der Waals surface area contributed by atoms with Crippen LogP contribution in [0.15, 0.2) is 91.0 Å². The van der Waals surface area contributed by atoms with Crippen LogP contribution in [0.5, 0.6) is 0 Å². The van der Waals surface area contributed by atoms with Gasteiger partial charge in [0.05, 0.1) is 0 Å². The van der Waals surface area contributed by atoms with Gasteiger partial charge in [0.2, 0.25) is 0 Å². The van der Waals surface area contributed by atoms with E-state index in [-0.39, 0.29) is 0 Å². The molecule has 3 aromatic rings. The van der Waals surface area contributed by atoms with Crippen LogP contribution in [-0.2, 0) is 4.79 Å². The zero-order valence-electron chi connectivity index (χ0n) is 16.0. The van der Waals surface area contributed by atoms with Crippen LogP contribution >= 0.6 is 6.60 Å². The topological polar surface area (TPSA) is 17.1 Å². The van der Waals surface area contributed by atoms with Crippen molar-refractivity contribution in [3.8, 4) is 0 Å². The molecule has 0 saturated carbocycles. The second-order valence-electron chi connectivity index (χ2n) is 8.13. The molecule has 0 bridgehead atoms. The van der Waals surface area contributed by atoms with E-state index < -0.39 is 12.0 Å². The van der Waals surface area contributed by atoms with Gasteiger partial charge in [0.15, 0.2) is 0 Å². The normalized spacial score (nSPS) is 13.6. The van der Waals surface area contributed by atoms with Gasteiger partial charge in [-0.1, -0.05) is 0 Å². The van der Waals surface area contributed by atoms with Gasteiger partial charge >= 0.3 is 157 Å². The molecule has 0 amide bonds. The summed E-state index contributed by atoms with van der Waals surface area (Å²) in [4.78, 5) is 14.3. The molecule has 0 unspecified atom stereocenters. The molecule has 0 fully saturated rings. The maximum absolute atomic E-state index is 14.3. The van der Waals surface area contributed by atoms with E-state index >= 15 is 0 Å². The van der Waals surface area contributed by atoms with Crippen LogP contribution in [0, 0.1) is 5.41 Å². The second kappa shape index (κ2) is 6.49. The SMILES string of the molecule is CC(C)(C)C(=O)P(C)(c1ccccc1)(c1ccccc1)c1ccccc1. The molecule has 0 aromatic heterocycles. The van der Waals surface area contributed by atoms with Gasteiger partial charge in [0.1, 0.15) is 0 Å². The zero-order valence-corrected chi connectivity index (χ0v) is 16.9. The Morgan fingerprint density at radius 1 is 0.615 bits per heavy atom. The Hall–Kier alpha value is -2.24. The molecule has 0 aliphatic heterocycles.